The number of ketones is 1. The first-order valence-corrected chi connectivity index (χ1v) is 10.7. The molecule has 1 amide bonds. The Morgan fingerprint density at radius 3 is 2.71 bits per heavy atom. The van der Waals surface area contributed by atoms with Gasteiger partial charge in [-0.15, -0.1) is 11.3 Å². The molecule has 148 valence electrons. The summed E-state index contributed by atoms with van der Waals surface area (Å²) >= 11 is 6.88. The Balaban J connectivity index is 1.69. The van der Waals surface area contributed by atoms with Gasteiger partial charge in [0.15, 0.2) is 10.2 Å². The van der Waals surface area contributed by atoms with Crippen molar-refractivity contribution in [2.75, 3.05) is 18.0 Å². The Morgan fingerprint density at radius 2 is 2.04 bits per heavy atom. The average Bonchev–Trinajstić information content (AvgIpc) is 3.15. The van der Waals surface area contributed by atoms with Gasteiger partial charge in [-0.2, -0.15) is 0 Å². The molecule has 6 nitrogen and oxygen atoms in total. The molecule has 8 heteroatoms. The van der Waals surface area contributed by atoms with Crippen molar-refractivity contribution in [1.82, 2.24) is 15.2 Å². The van der Waals surface area contributed by atoms with Crippen molar-refractivity contribution >= 4 is 51.2 Å². The number of thiazole rings is 1. The van der Waals surface area contributed by atoms with Crippen LogP contribution in [0.25, 0.3) is 0 Å². The van der Waals surface area contributed by atoms with Gasteiger partial charge in [-0.3, -0.25) is 14.5 Å². The van der Waals surface area contributed by atoms with Crippen LogP contribution in [-0.4, -0.2) is 39.8 Å². The Kier molecular flexibility index (Phi) is 6.74. The fraction of sp³-hybridized carbons (Fsp3) is 0.400. The molecule has 0 aliphatic carbocycles. The summed E-state index contributed by atoms with van der Waals surface area (Å²) in [5.41, 5.74) is 2.81. The smallest absolute Gasteiger partial charge is 0.230 e. The third-order valence-electron chi connectivity index (χ3n) is 4.69. The van der Waals surface area contributed by atoms with Crippen LogP contribution in [0.15, 0.2) is 29.6 Å². The van der Waals surface area contributed by atoms with Crippen LogP contribution >= 0.6 is 23.6 Å². The molecular formula is C20H24N4O2S2. The van der Waals surface area contributed by atoms with Gasteiger partial charge in [0, 0.05) is 38.2 Å². The first-order valence-electron chi connectivity index (χ1n) is 9.37. The zero-order chi connectivity index (χ0) is 20.1. The quantitative estimate of drug-likeness (QED) is 0.754. The molecule has 0 unspecified atom stereocenters. The molecule has 3 rings (SSSR count). The molecule has 0 bridgehead atoms. The normalized spacial score (nSPS) is 14.1. The number of aryl methyl sites for hydroxylation is 1. The lowest BCUT2D eigenvalue weighted by Gasteiger charge is -2.28. The second kappa shape index (κ2) is 9.25. The zero-order valence-corrected chi connectivity index (χ0v) is 17.7. The molecule has 1 fully saturated rings. The first-order chi connectivity index (χ1) is 13.5. The van der Waals surface area contributed by atoms with E-state index < -0.39 is 0 Å². The number of likely N-dealkylation sites (tertiary alicyclic amines) is 1. The summed E-state index contributed by atoms with van der Waals surface area (Å²) in [5, 5.41) is 6.45. The number of carbonyl (C=O) groups is 2. The summed E-state index contributed by atoms with van der Waals surface area (Å²) in [7, 11) is 0. The van der Waals surface area contributed by atoms with E-state index in [-0.39, 0.29) is 5.91 Å². The van der Waals surface area contributed by atoms with Crippen molar-refractivity contribution in [2.24, 2.45) is 0 Å². The number of anilines is 2. The standard InChI is InChI=1S/C20H24N4O2S2/c1-3-15-6-4-5-7-18(15)24(14(2)25)20-22-16(13-28-20)12-21-19(27)23-10-8-17(26)9-11-23/h4-7,13H,3,8-12H2,1-2H3,(H,21,27). The maximum Gasteiger partial charge on any atom is 0.230 e. The van der Waals surface area contributed by atoms with Crippen molar-refractivity contribution < 1.29 is 9.59 Å². The number of nitrogens with zero attached hydrogens (tertiary/aromatic N) is 3. The Morgan fingerprint density at radius 1 is 1.32 bits per heavy atom. The topological polar surface area (TPSA) is 65.5 Å². The van der Waals surface area contributed by atoms with E-state index in [4.69, 9.17) is 12.2 Å². The number of carbonyl (C=O) groups excluding carboxylic acids is 2. The molecule has 1 N–H and O–H groups in total. The summed E-state index contributed by atoms with van der Waals surface area (Å²) in [6.45, 7) is 5.45. The van der Waals surface area contributed by atoms with Gasteiger partial charge in [-0.1, -0.05) is 25.1 Å². The predicted molar refractivity (Wildman–Crippen MR) is 116 cm³/mol. The lowest BCUT2D eigenvalue weighted by Crippen LogP contribution is -2.44. The number of thiocarbonyl (C=S) groups is 1. The molecule has 2 aromatic rings. The van der Waals surface area contributed by atoms with Gasteiger partial charge >= 0.3 is 0 Å². The summed E-state index contributed by atoms with van der Waals surface area (Å²) in [6, 6.07) is 7.89. The van der Waals surface area contributed by atoms with Crippen molar-refractivity contribution in [2.45, 2.75) is 39.7 Å². The second-order valence-electron chi connectivity index (χ2n) is 6.64. The van der Waals surface area contributed by atoms with Crippen molar-refractivity contribution in [3.63, 3.8) is 0 Å². The molecule has 28 heavy (non-hydrogen) atoms. The zero-order valence-electron chi connectivity index (χ0n) is 16.1. The fourth-order valence-corrected chi connectivity index (χ4v) is 4.29. The van der Waals surface area contributed by atoms with Gasteiger partial charge in [0.2, 0.25) is 5.91 Å². The van der Waals surface area contributed by atoms with Crippen LogP contribution in [0.1, 0.15) is 37.9 Å². The number of rotatable bonds is 5. The SMILES string of the molecule is CCc1ccccc1N(C(C)=O)c1nc(CNC(=S)N2CCC(=O)CC2)cs1. The van der Waals surface area contributed by atoms with Crippen LogP contribution < -0.4 is 10.2 Å². The predicted octanol–water partition coefficient (Wildman–Crippen LogP) is 3.43. The highest BCUT2D eigenvalue weighted by Crippen LogP contribution is 2.31. The Bertz CT molecular complexity index is 871. The lowest BCUT2D eigenvalue weighted by molar-refractivity contribution is -0.120. The molecular weight excluding hydrogens is 392 g/mol. The van der Waals surface area contributed by atoms with Crippen LogP contribution in [-0.2, 0) is 22.6 Å². The molecule has 1 aliphatic heterocycles. The van der Waals surface area contributed by atoms with E-state index in [1.54, 1.807) is 11.8 Å². The van der Waals surface area contributed by atoms with Crippen LogP contribution in [0, 0.1) is 0 Å². The highest BCUT2D eigenvalue weighted by atomic mass is 32.1. The lowest BCUT2D eigenvalue weighted by atomic mass is 10.1. The fourth-order valence-electron chi connectivity index (χ4n) is 3.15. The number of hydrogen-bond acceptors (Lipinski definition) is 5. The molecule has 0 spiro atoms. The molecule has 0 atom stereocenters. The second-order valence-corrected chi connectivity index (χ2v) is 7.87. The van der Waals surface area contributed by atoms with E-state index in [1.165, 1.54) is 11.3 Å². The van der Waals surface area contributed by atoms with Crippen molar-refractivity contribution in [3.05, 3.63) is 40.9 Å². The highest BCUT2D eigenvalue weighted by Gasteiger charge is 2.21. The van der Waals surface area contributed by atoms with Crippen molar-refractivity contribution in [3.8, 4) is 0 Å². The van der Waals surface area contributed by atoms with E-state index >= 15 is 0 Å². The van der Waals surface area contributed by atoms with E-state index in [2.05, 4.69) is 17.2 Å². The van der Waals surface area contributed by atoms with Gasteiger partial charge in [-0.05, 0) is 30.3 Å². The third kappa shape index (κ3) is 4.74. The number of piperidine rings is 1. The maximum atomic E-state index is 12.3. The van der Waals surface area contributed by atoms with Crippen LogP contribution in [0.2, 0.25) is 0 Å². The molecule has 0 saturated carbocycles. The Labute approximate surface area is 174 Å². The molecule has 1 aromatic heterocycles. The summed E-state index contributed by atoms with van der Waals surface area (Å²) in [4.78, 5) is 32.0. The minimum absolute atomic E-state index is 0.0664. The average molecular weight is 417 g/mol. The number of amides is 1. The van der Waals surface area contributed by atoms with Gasteiger partial charge < -0.3 is 10.2 Å². The maximum absolute atomic E-state index is 12.3. The highest BCUT2D eigenvalue weighted by molar-refractivity contribution is 7.80. The van der Waals surface area contributed by atoms with Crippen LogP contribution in [0.3, 0.4) is 0 Å². The number of aromatic nitrogens is 1. The van der Waals surface area contributed by atoms with Crippen LogP contribution in [0.4, 0.5) is 10.8 Å². The number of para-hydroxylation sites is 1. The van der Waals surface area contributed by atoms with E-state index in [0.717, 1.165) is 23.4 Å². The molecule has 1 aromatic carbocycles. The number of Topliss-reactive ketones (excluding diaryl/α,β-unsaturated/α-hetero) is 1. The van der Waals surface area contributed by atoms with Crippen molar-refractivity contribution in [1.29, 1.82) is 0 Å². The summed E-state index contributed by atoms with van der Waals surface area (Å²) < 4.78 is 0. The van der Waals surface area contributed by atoms with Gasteiger partial charge in [-0.25, -0.2) is 4.98 Å². The van der Waals surface area contributed by atoms with Crippen LogP contribution in [0.5, 0.6) is 0 Å². The molecule has 1 aliphatic rings. The summed E-state index contributed by atoms with van der Waals surface area (Å²) in [5.74, 6) is 0.225. The van der Waals surface area contributed by atoms with E-state index in [9.17, 15) is 9.59 Å². The van der Waals surface area contributed by atoms with Gasteiger partial charge in [0.1, 0.15) is 5.78 Å². The molecule has 0 radical (unpaired) electrons. The minimum Gasteiger partial charge on any atom is -0.357 e. The largest absolute Gasteiger partial charge is 0.357 e. The minimum atomic E-state index is -0.0664. The first kappa shape index (κ1) is 20.4. The molecule has 1 saturated heterocycles. The summed E-state index contributed by atoms with van der Waals surface area (Å²) in [6.07, 6.45) is 1.94. The number of nitrogens with one attached hydrogen (secondary N) is 1. The van der Waals surface area contributed by atoms with Gasteiger partial charge in [0.05, 0.1) is 17.9 Å². The Hall–Kier alpha value is -2.32. The molecule has 2 heterocycles. The number of benzene rings is 1. The number of hydrogen-bond donors (Lipinski definition) is 1. The monoisotopic (exact) mass is 416 g/mol. The van der Waals surface area contributed by atoms with E-state index in [0.29, 0.717) is 48.5 Å². The third-order valence-corrected chi connectivity index (χ3v) is 5.97. The van der Waals surface area contributed by atoms with Gasteiger partial charge in [0.25, 0.3) is 0 Å². The van der Waals surface area contributed by atoms with E-state index in [1.807, 2.05) is 34.5 Å².